The van der Waals surface area contributed by atoms with Gasteiger partial charge in [0.1, 0.15) is 16.5 Å². The minimum atomic E-state index is -2.91. The number of rotatable bonds is 8. The molecular formula is C8H20K2O6P2. The quantitative estimate of drug-likeness (QED) is 0.247. The molecule has 0 aliphatic rings. The van der Waals surface area contributed by atoms with Gasteiger partial charge in [0.25, 0.3) is 0 Å². The molecule has 0 saturated heterocycles. The molecule has 18 heavy (non-hydrogen) atoms. The van der Waals surface area contributed by atoms with E-state index >= 15 is 0 Å². The molecule has 0 amide bonds. The molecule has 0 aliphatic carbocycles. The smallest absolute Gasteiger partial charge is 0.781 e. The van der Waals surface area contributed by atoms with Crippen LogP contribution in [-0.4, -0.2) is 13.2 Å². The standard InChI is InChI=1S/2C4H11O3P.2K/c2*1-2-3-4-7-8(5)6;;/h2*8H,2-4H2,1H3,(H,5,6);;/q;;2*+1/p-2. The maximum absolute atomic E-state index is 9.73. The van der Waals surface area contributed by atoms with Crippen LogP contribution in [0.2, 0.25) is 0 Å². The average Bonchev–Trinajstić information content (AvgIpc) is 2.18. The van der Waals surface area contributed by atoms with Crippen molar-refractivity contribution >= 4 is 16.5 Å². The van der Waals surface area contributed by atoms with Crippen LogP contribution in [0.5, 0.6) is 0 Å². The predicted octanol–water partition coefficient (Wildman–Crippen LogP) is -4.89. The van der Waals surface area contributed by atoms with Crippen molar-refractivity contribution in [1.82, 2.24) is 0 Å². The molecule has 0 saturated carbocycles. The first-order valence-electron chi connectivity index (χ1n) is 5.22. The third kappa shape index (κ3) is 36.6. The molecule has 6 nitrogen and oxygen atoms in total. The van der Waals surface area contributed by atoms with E-state index in [-0.39, 0.29) is 103 Å². The normalized spacial score (nSPS) is 12.2. The Hall–Kier alpha value is 3.57. The molecule has 0 aromatic rings. The van der Waals surface area contributed by atoms with Crippen LogP contribution in [0, 0.1) is 0 Å². The zero-order valence-corrected chi connectivity index (χ0v) is 19.9. The van der Waals surface area contributed by atoms with E-state index in [4.69, 9.17) is 0 Å². The average molecular weight is 352 g/mol. The molecule has 0 aromatic carbocycles. The summed E-state index contributed by atoms with van der Waals surface area (Å²) >= 11 is 0. The van der Waals surface area contributed by atoms with Gasteiger partial charge in [0, 0.05) is 0 Å². The van der Waals surface area contributed by atoms with Crippen molar-refractivity contribution in [2.45, 2.75) is 39.5 Å². The Morgan fingerprint density at radius 1 is 0.833 bits per heavy atom. The van der Waals surface area contributed by atoms with Gasteiger partial charge in [-0.05, 0) is 12.8 Å². The fraction of sp³-hybridized carbons (Fsp3) is 1.00. The molecule has 0 N–H and O–H groups in total. The van der Waals surface area contributed by atoms with Crippen molar-refractivity contribution in [3.63, 3.8) is 0 Å². The Labute approximate surface area is 196 Å². The van der Waals surface area contributed by atoms with Crippen LogP contribution in [0.1, 0.15) is 39.5 Å². The molecule has 100 valence electrons. The minimum absolute atomic E-state index is 0. The van der Waals surface area contributed by atoms with Crippen molar-refractivity contribution in [2.75, 3.05) is 13.2 Å². The van der Waals surface area contributed by atoms with Crippen molar-refractivity contribution in [1.29, 1.82) is 0 Å². The van der Waals surface area contributed by atoms with E-state index in [0.717, 1.165) is 25.7 Å². The third-order valence-electron chi connectivity index (χ3n) is 1.44. The number of hydrogen-bond donors (Lipinski definition) is 0. The molecule has 0 bridgehead atoms. The monoisotopic (exact) mass is 352 g/mol. The van der Waals surface area contributed by atoms with E-state index in [1.807, 2.05) is 13.8 Å². The predicted molar refractivity (Wildman–Crippen MR) is 59.7 cm³/mol. The van der Waals surface area contributed by atoms with Gasteiger partial charge in [0.2, 0.25) is 0 Å². The van der Waals surface area contributed by atoms with Crippen LogP contribution in [0.4, 0.5) is 0 Å². The van der Waals surface area contributed by atoms with Crippen LogP contribution in [0.3, 0.4) is 0 Å². The number of unbranched alkanes of at least 4 members (excludes halogenated alkanes) is 2. The van der Waals surface area contributed by atoms with Crippen molar-refractivity contribution < 1.29 is 131 Å². The summed E-state index contributed by atoms with van der Waals surface area (Å²) in [6.45, 7) is 4.65. The van der Waals surface area contributed by atoms with Gasteiger partial charge >= 0.3 is 103 Å². The first kappa shape index (κ1) is 29.6. The molecule has 10 heteroatoms. The minimum Gasteiger partial charge on any atom is -0.781 e. The van der Waals surface area contributed by atoms with Crippen LogP contribution < -0.4 is 113 Å². The maximum Gasteiger partial charge on any atom is 1.00 e. The second kappa shape index (κ2) is 25.5. The van der Waals surface area contributed by atoms with E-state index in [1.165, 1.54) is 0 Å². The van der Waals surface area contributed by atoms with E-state index in [0.29, 0.717) is 13.2 Å². The summed E-state index contributed by atoms with van der Waals surface area (Å²) in [6, 6.07) is 0. The SMILES string of the molecule is CCCCO[PH](=O)[O-].CCCCO[PH](=O)[O-].[K+].[K+]. The first-order chi connectivity index (χ1) is 7.54. The molecule has 0 radical (unpaired) electrons. The van der Waals surface area contributed by atoms with E-state index in [2.05, 4.69) is 9.05 Å². The summed E-state index contributed by atoms with van der Waals surface area (Å²) in [5, 5.41) is 0. The Bertz CT molecular complexity index is 176. The van der Waals surface area contributed by atoms with E-state index in [1.54, 1.807) is 0 Å². The summed E-state index contributed by atoms with van der Waals surface area (Å²) in [5.41, 5.74) is 0. The second-order valence-corrected chi connectivity index (χ2v) is 4.48. The zero-order valence-electron chi connectivity index (χ0n) is 11.7. The fourth-order valence-corrected chi connectivity index (χ4v) is 1.22. The molecule has 0 aliphatic heterocycles. The summed E-state index contributed by atoms with van der Waals surface area (Å²) < 4.78 is 28.0. The van der Waals surface area contributed by atoms with Gasteiger partial charge in [0.15, 0.2) is 0 Å². The molecule has 0 rings (SSSR count). The summed E-state index contributed by atoms with van der Waals surface area (Å²) in [4.78, 5) is 19.5. The largest absolute Gasteiger partial charge is 1.00 e. The topological polar surface area (TPSA) is 98.7 Å². The van der Waals surface area contributed by atoms with Crippen LogP contribution in [0.15, 0.2) is 0 Å². The molecule has 0 heterocycles. The van der Waals surface area contributed by atoms with Gasteiger partial charge in [-0.3, -0.25) is 0 Å². The molecule has 2 unspecified atom stereocenters. The summed E-state index contributed by atoms with van der Waals surface area (Å²) in [5.74, 6) is 0. The second-order valence-electron chi connectivity index (χ2n) is 2.90. The van der Waals surface area contributed by atoms with Crippen LogP contribution in [-0.2, 0) is 18.2 Å². The molecule has 2 atom stereocenters. The van der Waals surface area contributed by atoms with Crippen molar-refractivity contribution in [3.05, 3.63) is 0 Å². The van der Waals surface area contributed by atoms with E-state index < -0.39 is 16.5 Å². The van der Waals surface area contributed by atoms with Crippen molar-refractivity contribution in [3.8, 4) is 0 Å². The molecule has 0 aromatic heterocycles. The Morgan fingerprint density at radius 3 is 1.28 bits per heavy atom. The van der Waals surface area contributed by atoms with Gasteiger partial charge in [-0.1, -0.05) is 26.7 Å². The zero-order chi connectivity index (χ0) is 12.8. The number of hydrogen-bond acceptors (Lipinski definition) is 6. The van der Waals surface area contributed by atoms with Gasteiger partial charge in [-0.2, -0.15) is 0 Å². The fourth-order valence-electron chi connectivity index (χ4n) is 0.600. The van der Waals surface area contributed by atoms with Crippen molar-refractivity contribution in [2.24, 2.45) is 0 Å². The Kier molecular flexibility index (Phi) is 41.9. The first-order valence-corrected chi connectivity index (χ1v) is 7.67. The van der Waals surface area contributed by atoms with Gasteiger partial charge < -0.3 is 28.0 Å². The van der Waals surface area contributed by atoms with Crippen LogP contribution >= 0.6 is 16.5 Å². The maximum atomic E-state index is 9.73. The van der Waals surface area contributed by atoms with Crippen LogP contribution in [0.25, 0.3) is 0 Å². The van der Waals surface area contributed by atoms with E-state index in [9.17, 15) is 18.9 Å². The molecule has 0 spiro atoms. The van der Waals surface area contributed by atoms with Gasteiger partial charge in [-0.15, -0.1) is 0 Å². The summed E-state index contributed by atoms with van der Waals surface area (Å²) in [6.07, 6.45) is 3.57. The Balaban J connectivity index is -0.0000000980. The molecular weight excluding hydrogens is 332 g/mol. The molecule has 0 fully saturated rings. The third-order valence-corrected chi connectivity index (χ3v) is 2.32. The van der Waals surface area contributed by atoms with Gasteiger partial charge in [0.05, 0.1) is 13.2 Å². The van der Waals surface area contributed by atoms with Gasteiger partial charge in [-0.25, -0.2) is 0 Å². The Morgan fingerprint density at radius 2 is 1.11 bits per heavy atom. The summed E-state index contributed by atoms with van der Waals surface area (Å²) in [7, 11) is -5.81.